The number of likely N-dealkylation sites (tertiary alicyclic amines) is 1. The number of hydrogen-bond donors (Lipinski definition) is 1. The zero-order valence-corrected chi connectivity index (χ0v) is 14.5. The maximum absolute atomic E-state index is 12.7. The van der Waals surface area contributed by atoms with Crippen LogP contribution in [0.2, 0.25) is 0 Å². The molecule has 0 bridgehead atoms. The molecule has 0 aliphatic carbocycles. The molecule has 1 aromatic rings. The Morgan fingerprint density at radius 1 is 1.38 bits per heavy atom. The Labute approximate surface area is 141 Å². The molecule has 0 aromatic carbocycles. The van der Waals surface area contributed by atoms with E-state index in [9.17, 15) is 9.59 Å². The van der Waals surface area contributed by atoms with Gasteiger partial charge in [-0.15, -0.1) is 0 Å². The lowest BCUT2D eigenvalue weighted by Gasteiger charge is -2.36. The second-order valence-electron chi connectivity index (χ2n) is 6.88. The van der Waals surface area contributed by atoms with E-state index in [2.05, 4.69) is 15.2 Å². The average molecular weight is 335 g/mol. The largest absolute Gasteiger partial charge is 0.367 e. The predicted molar refractivity (Wildman–Crippen MR) is 86.1 cm³/mol. The fourth-order valence-electron chi connectivity index (χ4n) is 3.12. The third-order valence-electron chi connectivity index (χ3n) is 4.73. The predicted octanol–water partition coefficient (Wildman–Crippen LogP) is 0.696. The number of amides is 2. The maximum atomic E-state index is 12.7. The van der Waals surface area contributed by atoms with Gasteiger partial charge in [0.25, 0.3) is 0 Å². The molecule has 3 rings (SSSR count). The minimum absolute atomic E-state index is 0.0428. The highest BCUT2D eigenvalue weighted by atomic mass is 16.5. The van der Waals surface area contributed by atoms with Crippen molar-refractivity contribution < 1.29 is 14.3 Å². The Morgan fingerprint density at radius 3 is 2.83 bits per heavy atom. The molecular weight excluding hydrogens is 310 g/mol. The standard InChI is InChI=1S/C16H25N5O3/c1-10(2)14-17-15(19-18-14)12-9-21(6-7-24-12)16(23)11-4-5-20(3)13(22)8-11/h10-12H,4-9H2,1-3H3,(H,17,18,19)/t11-,12-/m1/s1. The van der Waals surface area contributed by atoms with Gasteiger partial charge < -0.3 is 14.5 Å². The number of morpholine rings is 1. The van der Waals surface area contributed by atoms with E-state index in [1.54, 1.807) is 16.8 Å². The quantitative estimate of drug-likeness (QED) is 0.878. The van der Waals surface area contributed by atoms with Crippen LogP contribution in [0.15, 0.2) is 0 Å². The molecule has 2 amide bonds. The fraction of sp³-hybridized carbons (Fsp3) is 0.750. The Kier molecular flexibility index (Phi) is 4.84. The molecule has 0 radical (unpaired) electrons. The number of aromatic amines is 1. The average Bonchev–Trinajstić information content (AvgIpc) is 3.07. The molecule has 2 saturated heterocycles. The fourth-order valence-corrected chi connectivity index (χ4v) is 3.12. The van der Waals surface area contributed by atoms with Crippen LogP contribution in [0.5, 0.6) is 0 Å². The van der Waals surface area contributed by atoms with Crippen molar-refractivity contribution in [1.29, 1.82) is 0 Å². The zero-order chi connectivity index (χ0) is 17.3. The second-order valence-corrected chi connectivity index (χ2v) is 6.88. The molecule has 3 heterocycles. The van der Waals surface area contributed by atoms with Crippen molar-refractivity contribution in [2.24, 2.45) is 5.92 Å². The van der Waals surface area contributed by atoms with Gasteiger partial charge in [-0.1, -0.05) is 13.8 Å². The summed E-state index contributed by atoms with van der Waals surface area (Å²) in [5.74, 6) is 1.53. The first kappa shape index (κ1) is 16.9. The van der Waals surface area contributed by atoms with Crippen LogP contribution >= 0.6 is 0 Å². The summed E-state index contributed by atoms with van der Waals surface area (Å²) in [6.45, 7) is 6.17. The maximum Gasteiger partial charge on any atom is 0.226 e. The molecule has 0 spiro atoms. The molecule has 24 heavy (non-hydrogen) atoms. The number of nitrogens with one attached hydrogen (secondary N) is 1. The summed E-state index contributed by atoms with van der Waals surface area (Å²) in [4.78, 5) is 32.6. The lowest BCUT2D eigenvalue weighted by molar-refractivity contribution is -0.149. The minimum Gasteiger partial charge on any atom is -0.367 e. The van der Waals surface area contributed by atoms with Gasteiger partial charge in [0.05, 0.1) is 13.2 Å². The van der Waals surface area contributed by atoms with Crippen LogP contribution < -0.4 is 0 Å². The summed E-state index contributed by atoms with van der Waals surface area (Å²) < 4.78 is 5.76. The molecule has 8 nitrogen and oxygen atoms in total. The molecule has 2 aliphatic heterocycles. The molecule has 2 atom stereocenters. The zero-order valence-electron chi connectivity index (χ0n) is 14.5. The highest BCUT2D eigenvalue weighted by Crippen LogP contribution is 2.25. The van der Waals surface area contributed by atoms with Crippen molar-refractivity contribution in [2.75, 3.05) is 33.3 Å². The molecular formula is C16H25N5O3. The van der Waals surface area contributed by atoms with Crippen molar-refractivity contribution >= 4 is 11.8 Å². The van der Waals surface area contributed by atoms with E-state index in [0.717, 1.165) is 12.2 Å². The van der Waals surface area contributed by atoms with E-state index in [1.807, 2.05) is 13.8 Å². The topological polar surface area (TPSA) is 91.4 Å². The Hall–Kier alpha value is -1.96. The summed E-state index contributed by atoms with van der Waals surface area (Å²) in [5, 5.41) is 7.12. The monoisotopic (exact) mass is 335 g/mol. The van der Waals surface area contributed by atoms with Crippen LogP contribution in [0.25, 0.3) is 0 Å². The first-order chi connectivity index (χ1) is 11.5. The first-order valence-electron chi connectivity index (χ1n) is 8.52. The van der Waals surface area contributed by atoms with E-state index < -0.39 is 0 Å². The van der Waals surface area contributed by atoms with Crippen LogP contribution in [0, 0.1) is 5.92 Å². The number of hydrogen-bond acceptors (Lipinski definition) is 5. The SMILES string of the molecule is CC(C)c1n[nH]c([C@H]2CN(C(=O)[C@@H]3CCN(C)C(=O)C3)CCO2)n1. The molecule has 0 unspecified atom stereocenters. The van der Waals surface area contributed by atoms with Crippen molar-refractivity contribution in [1.82, 2.24) is 25.0 Å². The number of piperidine rings is 1. The molecule has 2 fully saturated rings. The molecule has 132 valence electrons. The molecule has 8 heteroatoms. The first-order valence-corrected chi connectivity index (χ1v) is 8.52. The highest BCUT2D eigenvalue weighted by molar-refractivity contribution is 5.87. The van der Waals surface area contributed by atoms with E-state index >= 15 is 0 Å². The van der Waals surface area contributed by atoms with Gasteiger partial charge in [0.2, 0.25) is 11.8 Å². The van der Waals surface area contributed by atoms with Gasteiger partial charge in [-0.05, 0) is 6.42 Å². The number of carbonyl (C=O) groups is 2. The summed E-state index contributed by atoms with van der Waals surface area (Å²) in [7, 11) is 1.78. The van der Waals surface area contributed by atoms with E-state index in [4.69, 9.17) is 4.74 Å². The van der Waals surface area contributed by atoms with E-state index in [-0.39, 0.29) is 29.8 Å². The van der Waals surface area contributed by atoms with Crippen LogP contribution in [-0.4, -0.2) is 70.1 Å². The summed E-state index contributed by atoms with van der Waals surface area (Å²) in [5.41, 5.74) is 0. The van der Waals surface area contributed by atoms with Gasteiger partial charge in [0.1, 0.15) is 6.10 Å². The number of H-pyrrole nitrogens is 1. The minimum atomic E-state index is -0.287. The number of nitrogens with zero attached hydrogens (tertiary/aromatic N) is 4. The van der Waals surface area contributed by atoms with Gasteiger partial charge >= 0.3 is 0 Å². The highest BCUT2D eigenvalue weighted by Gasteiger charge is 2.35. The lowest BCUT2D eigenvalue weighted by Crippen LogP contribution is -2.48. The number of rotatable bonds is 3. The smallest absolute Gasteiger partial charge is 0.226 e. The van der Waals surface area contributed by atoms with Crippen molar-refractivity contribution in [2.45, 2.75) is 38.7 Å². The van der Waals surface area contributed by atoms with Crippen molar-refractivity contribution in [3.63, 3.8) is 0 Å². The summed E-state index contributed by atoms with van der Waals surface area (Å²) in [6, 6.07) is 0. The van der Waals surface area contributed by atoms with E-state index in [0.29, 0.717) is 38.5 Å². The second kappa shape index (κ2) is 6.88. The number of ether oxygens (including phenoxy) is 1. The van der Waals surface area contributed by atoms with Gasteiger partial charge in [-0.2, -0.15) is 5.10 Å². The normalized spacial score (nSPS) is 25.4. The Bertz CT molecular complexity index is 615. The Morgan fingerprint density at radius 2 is 2.17 bits per heavy atom. The van der Waals surface area contributed by atoms with Crippen molar-refractivity contribution in [3.05, 3.63) is 11.6 Å². The molecule has 1 N–H and O–H groups in total. The molecule has 0 saturated carbocycles. The van der Waals surface area contributed by atoms with Gasteiger partial charge in [-0.25, -0.2) is 4.98 Å². The van der Waals surface area contributed by atoms with Gasteiger partial charge in [0, 0.05) is 38.4 Å². The summed E-state index contributed by atoms with van der Waals surface area (Å²) >= 11 is 0. The van der Waals surface area contributed by atoms with Crippen molar-refractivity contribution in [3.8, 4) is 0 Å². The third kappa shape index (κ3) is 3.43. The number of carbonyl (C=O) groups excluding carboxylic acids is 2. The van der Waals surface area contributed by atoms with Crippen LogP contribution in [0.3, 0.4) is 0 Å². The van der Waals surface area contributed by atoms with Crippen LogP contribution in [0.4, 0.5) is 0 Å². The lowest BCUT2D eigenvalue weighted by atomic mass is 9.94. The van der Waals surface area contributed by atoms with Gasteiger partial charge in [-0.3, -0.25) is 14.7 Å². The van der Waals surface area contributed by atoms with Crippen LogP contribution in [0.1, 0.15) is 50.4 Å². The third-order valence-corrected chi connectivity index (χ3v) is 4.73. The molecule has 1 aromatic heterocycles. The van der Waals surface area contributed by atoms with Gasteiger partial charge in [0.15, 0.2) is 11.6 Å². The van der Waals surface area contributed by atoms with E-state index in [1.165, 1.54) is 0 Å². The summed E-state index contributed by atoms with van der Waals surface area (Å²) in [6.07, 6.45) is 0.740. The van der Waals surface area contributed by atoms with Crippen LogP contribution in [-0.2, 0) is 14.3 Å². The Balaban J connectivity index is 1.64. The number of aromatic nitrogens is 3. The molecule has 2 aliphatic rings.